The summed E-state index contributed by atoms with van der Waals surface area (Å²) in [6.07, 6.45) is 0. The molecule has 1 N–H and O–H groups in total. The number of sulfonamides is 1. The van der Waals surface area contributed by atoms with Gasteiger partial charge in [-0.05, 0) is 19.1 Å². The molecule has 3 rings (SSSR count). The van der Waals surface area contributed by atoms with Crippen molar-refractivity contribution in [1.29, 1.82) is 0 Å². The second-order valence-electron chi connectivity index (χ2n) is 6.49. The molecule has 156 valence electrons. The molecule has 1 aliphatic heterocycles. The number of anilines is 1. The monoisotopic (exact) mass is 427 g/mol. The molecule has 0 aromatic heterocycles. The van der Waals surface area contributed by atoms with Crippen molar-refractivity contribution in [1.82, 2.24) is 4.31 Å². The third-order valence-corrected chi connectivity index (χ3v) is 6.50. The number of nitro benzene ring substituents is 1. The predicted molar refractivity (Wildman–Crippen MR) is 101 cm³/mol. The summed E-state index contributed by atoms with van der Waals surface area (Å²) in [5, 5.41) is 14.0. The van der Waals surface area contributed by atoms with Crippen LogP contribution in [0.2, 0.25) is 0 Å². The van der Waals surface area contributed by atoms with Gasteiger partial charge in [0.25, 0.3) is 5.69 Å². The number of morpholine rings is 1. The first kappa shape index (κ1) is 21.1. The van der Waals surface area contributed by atoms with Crippen molar-refractivity contribution in [2.45, 2.75) is 17.9 Å². The lowest BCUT2D eigenvalue weighted by atomic mass is 10.1. The van der Waals surface area contributed by atoms with Crippen LogP contribution in [0.5, 0.6) is 0 Å². The highest BCUT2D eigenvalue weighted by Crippen LogP contribution is 2.32. The highest BCUT2D eigenvalue weighted by atomic mass is 32.2. The van der Waals surface area contributed by atoms with Gasteiger partial charge in [0.2, 0.25) is 10.0 Å². The summed E-state index contributed by atoms with van der Waals surface area (Å²) in [7, 11) is -4.06. The van der Waals surface area contributed by atoms with Gasteiger partial charge in [-0.2, -0.15) is 4.31 Å². The third kappa shape index (κ3) is 4.52. The Kier molecular flexibility index (Phi) is 6.10. The smallest absolute Gasteiger partial charge is 0.270 e. The van der Waals surface area contributed by atoms with Gasteiger partial charge in [0, 0.05) is 36.9 Å². The van der Waals surface area contributed by atoms with E-state index in [4.69, 9.17) is 4.74 Å². The van der Waals surface area contributed by atoms with Crippen molar-refractivity contribution >= 4 is 21.4 Å². The Morgan fingerprint density at radius 2 is 1.86 bits per heavy atom. The lowest BCUT2D eigenvalue weighted by Gasteiger charge is -2.27. The lowest BCUT2D eigenvalue weighted by molar-refractivity contribution is -0.385. The van der Waals surface area contributed by atoms with Crippen molar-refractivity contribution in [3.8, 4) is 0 Å². The van der Waals surface area contributed by atoms with Gasteiger partial charge in [-0.25, -0.2) is 17.2 Å². The van der Waals surface area contributed by atoms with Gasteiger partial charge < -0.3 is 10.1 Å². The zero-order valence-electron chi connectivity index (χ0n) is 15.5. The van der Waals surface area contributed by atoms with Crippen LogP contribution in [0.15, 0.2) is 41.3 Å². The van der Waals surface area contributed by atoms with E-state index in [2.05, 4.69) is 5.32 Å². The van der Waals surface area contributed by atoms with E-state index in [-0.39, 0.29) is 48.1 Å². The fourth-order valence-corrected chi connectivity index (χ4v) is 4.63. The van der Waals surface area contributed by atoms with E-state index < -0.39 is 32.6 Å². The summed E-state index contributed by atoms with van der Waals surface area (Å²) in [6, 6.07) is 5.76. The van der Waals surface area contributed by atoms with Gasteiger partial charge >= 0.3 is 0 Å². The number of non-ortho nitro benzene ring substituents is 1. The van der Waals surface area contributed by atoms with Gasteiger partial charge in [-0.15, -0.1) is 0 Å². The maximum Gasteiger partial charge on any atom is 0.270 e. The molecule has 2 aromatic rings. The normalized spacial score (nSPS) is 16.4. The molecule has 2 aromatic carbocycles. The van der Waals surface area contributed by atoms with Crippen LogP contribution < -0.4 is 5.32 Å². The number of benzene rings is 2. The summed E-state index contributed by atoms with van der Waals surface area (Å²) < 4.78 is 59.8. The largest absolute Gasteiger partial charge is 0.379 e. The van der Waals surface area contributed by atoms with Gasteiger partial charge in [-0.1, -0.05) is 6.07 Å². The Labute approximate surface area is 166 Å². The summed E-state index contributed by atoms with van der Waals surface area (Å²) in [4.78, 5) is 10.2. The minimum absolute atomic E-state index is 0.0818. The first-order valence-corrected chi connectivity index (χ1v) is 10.2. The molecule has 0 aliphatic carbocycles. The van der Waals surface area contributed by atoms with Crippen molar-refractivity contribution in [3.63, 3.8) is 0 Å². The Balaban J connectivity index is 2.00. The van der Waals surface area contributed by atoms with E-state index in [1.165, 1.54) is 16.4 Å². The molecule has 0 unspecified atom stereocenters. The lowest BCUT2D eigenvalue weighted by Crippen LogP contribution is -2.40. The number of hydrogen-bond donors (Lipinski definition) is 1. The highest BCUT2D eigenvalue weighted by molar-refractivity contribution is 7.89. The van der Waals surface area contributed by atoms with Crippen LogP contribution in [0.1, 0.15) is 18.5 Å². The molecule has 1 saturated heterocycles. The van der Waals surface area contributed by atoms with Gasteiger partial charge in [0.15, 0.2) is 0 Å². The average Bonchev–Trinajstić information content (AvgIpc) is 2.68. The minimum Gasteiger partial charge on any atom is -0.379 e. The maximum atomic E-state index is 14.1. The Bertz CT molecular complexity index is 1030. The molecule has 0 amide bonds. The molecule has 11 heteroatoms. The Morgan fingerprint density at radius 3 is 2.48 bits per heavy atom. The SMILES string of the molecule is C[C@H](Nc1ccc([N+](=O)[O-])cc1S(=O)(=O)N1CCOCC1)c1ccc(F)cc1F. The van der Waals surface area contributed by atoms with E-state index >= 15 is 0 Å². The van der Waals surface area contributed by atoms with Crippen molar-refractivity contribution < 1.29 is 26.9 Å². The van der Waals surface area contributed by atoms with Gasteiger partial charge in [0.05, 0.1) is 29.9 Å². The van der Waals surface area contributed by atoms with Crippen molar-refractivity contribution in [2.75, 3.05) is 31.6 Å². The number of nitrogens with zero attached hydrogens (tertiary/aromatic N) is 2. The second-order valence-corrected chi connectivity index (χ2v) is 8.39. The number of nitrogens with one attached hydrogen (secondary N) is 1. The van der Waals surface area contributed by atoms with Crippen LogP contribution >= 0.6 is 0 Å². The average molecular weight is 427 g/mol. The molecule has 1 aliphatic rings. The molecule has 0 bridgehead atoms. The number of hydrogen-bond acceptors (Lipinski definition) is 6. The molecule has 8 nitrogen and oxygen atoms in total. The third-order valence-electron chi connectivity index (χ3n) is 4.56. The fraction of sp³-hybridized carbons (Fsp3) is 0.333. The van der Waals surface area contributed by atoms with Gasteiger partial charge in [0.1, 0.15) is 16.5 Å². The second kappa shape index (κ2) is 8.39. The Morgan fingerprint density at radius 1 is 1.17 bits per heavy atom. The van der Waals surface area contributed by atoms with E-state index in [1.54, 1.807) is 6.92 Å². The summed E-state index contributed by atoms with van der Waals surface area (Å²) in [5.41, 5.74) is -0.180. The van der Waals surface area contributed by atoms with Crippen LogP contribution in [0.4, 0.5) is 20.2 Å². The minimum atomic E-state index is -4.06. The van der Waals surface area contributed by atoms with Gasteiger partial charge in [-0.3, -0.25) is 10.1 Å². The molecule has 1 atom stereocenters. The van der Waals surface area contributed by atoms with Crippen molar-refractivity contribution in [3.05, 3.63) is 63.7 Å². The quantitative estimate of drug-likeness (QED) is 0.562. The topological polar surface area (TPSA) is 102 Å². The van der Waals surface area contributed by atoms with E-state index in [9.17, 15) is 27.3 Å². The molecule has 1 fully saturated rings. The number of ether oxygens (including phenoxy) is 1. The molecule has 29 heavy (non-hydrogen) atoms. The summed E-state index contributed by atoms with van der Waals surface area (Å²) >= 11 is 0. The van der Waals surface area contributed by atoms with E-state index in [1.807, 2.05) is 0 Å². The zero-order chi connectivity index (χ0) is 21.2. The molecule has 0 spiro atoms. The molecule has 0 radical (unpaired) electrons. The van der Waals surface area contributed by atoms with Crippen molar-refractivity contribution in [2.24, 2.45) is 0 Å². The molecular formula is C18H19F2N3O5S. The van der Waals surface area contributed by atoms with Crippen LogP contribution in [-0.4, -0.2) is 43.9 Å². The molecule has 1 heterocycles. The Hall–Kier alpha value is -2.63. The fourth-order valence-electron chi connectivity index (χ4n) is 3.05. The van der Waals surface area contributed by atoms with Crippen LogP contribution in [-0.2, 0) is 14.8 Å². The highest BCUT2D eigenvalue weighted by Gasteiger charge is 2.31. The predicted octanol–water partition coefficient (Wildman–Crippen LogP) is 3.07. The maximum absolute atomic E-state index is 14.1. The number of halogens is 2. The molecule has 0 saturated carbocycles. The molecular weight excluding hydrogens is 408 g/mol. The summed E-state index contributed by atoms with van der Waals surface area (Å²) in [5.74, 6) is -1.52. The van der Waals surface area contributed by atoms with Crippen LogP contribution in [0.25, 0.3) is 0 Å². The van der Waals surface area contributed by atoms with E-state index in [0.29, 0.717) is 0 Å². The van der Waals surface area contributed by atoms with Crippen LogP contribution in [0, 0.1) is 21.7 Å². The van der Waals surface area contributed by atoms with E-state index in [0.717, 1.165) is 24.3 Å². The zero-order valence-corrected chi connectivity index (χ0v) is 16.3. The first-order valence-electron chi connectivity index (χ1n) is 8.78. The summed E-state index contributed by atoms with van der Waals surface area (Å²) in [6.45, 7) is 2.24. The number of rotatable bonds is 6. The standard InChI is InChI=1S/C18H19F2N3O5S/c1-12(15-4-2-13(19)10-16(15)20)21-17-5-3-14(23(24)25)11-18(17)29(26,27)22-6-8-28-9-7-22/h2-5,10-12,21H,6-9H2,1H3/t12-/m0/s1. The number of nitro groups is 1. The van der Waals surface area contributed by atoms with Crippen LogP contribution in [0.3, 0.4) is 0 Å². The first-order chi connectivity index (χ1) is 13.7.